The van der Waals surface area contributed by atoms with Crippen molar-refractivity contribution in [3.8, 4) is 0 Å². The van der Waals surface area contributed by atoms with Gasteiger partial charge in [0, 0.05) is 6.23 Å². The highest BCUT2D eigenvalue weighted by Gasteiger charge is 2.34. The van der Waals surface area contributed by atoms with Gasteiger partial charge in [-0.05, 0) is 42.7 Å². The van der Waals surface area contributed by atoms with E-state index in [1.165, 1.54) is 37.5 Å². The molecule has 1 heterocycles. The Balaban J connectivity index is 1.72. The molecule has 0 saturated heterocycles. The second kappa shape index (κ2) is 6.57. The molecule has 2 rings (SSSR count). The molecule has 1 aliphatic carbocycles. The molecule has 0 bridgehead atoms. The van der Waals surface area contributed by atoms with Crippen LogP contribution >= 0.6 is 0 Å². The predicted molar refractivity (Wildman–Crippen MR) is 78.1 cm³/mol. The second-order valence-corrected chi connectivity index (χ2v) is 7.79. The smallest absolute Gasteiger partial charge is 0.129 e. The lowest BCUT2D eigenvalue weighted by molar-refractivity contribution is 0.0562. The van der Waals surface area contributed by atoms with Crippen molar-refractivity contribution in [2.75, 3.05) is 12.8 Å². The van der Waals surface area contributed by atoms with Crippen molar-refractivity contribution in [3.05, 3.63) is 18.4 Å². The largest absolute Gasteiger partial charge is 0.475 e. The quantitative estimate of drug-likeness (QED) is 0.559. The topological polar surface area (TPSA) is 22.4 Å². The number of furan rings is 1. The molecule has 0 amide bonds. The maximum absolute atomic E-state index is 6.00. The first-order valence-corrected chi connectivity index (χ1v) is 9.01. The average Bonchev–Trinajstić information content (AvgIpc) is 2.95. The maximum Gasteiger partial charge on any atom is 0.129 e. The highest BCUT2D eigenvalue weighted by molar-refractivity contribution is 6.51. The summed E-state index contributed by atoms with van der Waals surface area (Å²) < 4.78 is 11.4. The van der Waals surface area contributed by atoms with Crippen molar-refractivity contribution in [2.24, 2.45) is 11.3 Å². The van der Waals surface area contributed by atoms with Gasteiger partial charge in [0.05, 0.1) is 18.3 Å². The van der Waals surface area contributed by atoms with Crippen molar-refractivity contribution in [1.82, 2.24) is 0 Å². The van der Waals surface area contributed by atoms with Crippen LogP contribution in [0, 0.1) is 11.3 Å². The Morgan fingerprint density at radius 3 is 2.78 bits per heavy atom. The van der Waals surface area contributed by atoms with Crippen LogP contribution < -0.4 is 5.38 Å². The normalized spacial score (nSPS) is 19.3. The van der Waals surface area contributed by atoms with Gasteiger partial charge in [-0.3, -0.25) is 0 Å². The molecular formula is C15H26O2Si. The highest BCUT2D eigenvalue weighted by Crippen LogP contribution is 2.43. The second-order valence-electron chi connectivity index (χ2n) is 6.19. The highest BCUT2D eigenvalue weighted by atomic mass is 28.2. The van der Waals surface area contributed by atoms with Crippen LogP contribution in [-0.4, -0.2) is 22.4 Å². The Labute approximate surface area is 113 Å². The van der Waals surface area contributed by atoms with E-state index in [2.05, 4.69) is 19.9 Å². The van der Waals surface area contributed by atoms with Gasteiger partial charge in [-0.25, -0.2) is 0 Å². The van der Waals surface area contributed by atoms with E-state index in [1.54, 1.807) is 6.26 Å². The molecule has 0 radical (unpaired) electrons. The molecule has 3 heteroatoms. The summed E-state index contributed by atoms with van der Waals surface area (Å²) in [5.41, 5.74) is 0.492. The van der Waals surface area contributed by atoms with Gasteiger partial charge in [0.2, 0.25) is 0 Å². The first-order valence-electron chi connectivity index (χ1n) is 7.30. The van der Waals surface area contributed by atoms with Crippen LogP contribution in [-0.2, 0) is 4.74 Å². The molecule has 1 aromatic rings. The lowest BCUT2D eigenvalue weighted by Crippen LogP contribution is -2.28. The van der Waals surface area contributed by atoms with Crippen molar-refractivity contribution in [2.45, 2.75) is 46.0 Å². The minimum Gasteiger partial charge on any atom is -0.475 e. The zero-order valence-electron chi connectivity index (χ0n) is 11.8. The Morgan fingerprint density at radius 2 is 2.17 bits per heavy atom. The van der Waals surface area contributed by atoms with Gasteiger partial charge < -0.3 is 9.15 Å². The Morgan fingerprint density at radius 1 is 1.39 bits per heavy atom. The van der Waals surface area contributed by atoms with Crippen LogP contribution in [0.1, 0.15) is 46.0 Å². The van der Waals surface area contributed by atoms with Crippen LogP contribution in [0.25, 0.3) is 0 Å². The van der Waals surface area contributed by atoms with Gasteiger partial charge in [0.15, 0.2) is 0 Å². The van der Waals surface area contributed by atoms with E-state index in [4.69, 9.17) is 9.15 Å². The molecular weight excluding hydrogens is 240 g/mol. The molecule has 0 atom stereocenters. The molecule has 102 valence electrons. The molecule has 0 aliphatic heterocycles. The van der Waals surface area contributed by atoms with Crippen molar-refractivity contribution < 1.29 is 9.15 Å². The van der Waals surface area contributed by atoms with Gasteiger partial charge in [-0.2, -0.15) is 0 Å². The first kappa shape index (κ1) is 13.9. The molecule has 18 heavy (non-hydrogen) atoms. The van der Waals surface area contributed by atoms with Crippen LogP contribution in [0.3, 0.4) is 0 Å². The molecule has 0 N–H and O–H groups in total. The number of hydrogen-bond acceptors (Lipinski definition) is 2. The number of hydrogen-bond donors (Lipinski definition) is 0. The third-order valence-corrected chi connectivity index (χ3v) is 5.37. The Hall–Kier alpha value is -0.543. The first-order chi connectivity index (χ1) is 8.70. The third-order valence-electron chi connectivity index (χ3n) is 3.99. The van der Waals surface area contributed by atoms with Gasteiger partial charge >= 0.3 is 0 Å². The average molecular weight is 266 g/mol. The maximum atomic E-state index is 6.00. The minimum atomic E-state index is -0.349. The van der Waals surface area contributed by atoms with E-state index in [9.17, 15) is 0 Å². The zero-order chi connectivity index (χ0) is 12.8. The van der Waals surface area contributed by atoms with E-state index in [1.807, 2.05) is 6.07 Å². The van der Waals surface area contributed by atoms with E-state index >= 15 is 0 Å². The van der Waals surface area contributed by atoms with Gasteiger partial charge in [0.25, 0.3) is 0 Å². The molecule has 0 unspecified atom stereocenters. The lowest BCUT2D eigenvalue weighted by atomic mass is 9.79. The van der Waals surface area contributed by atoms with Crippen molar-refractivity contribution in [1.29, 1.82) is 0 Å². The monoisotopic (exact) mass is 266 g/mol. The Bertz CT molecular complexity index is 326. The molecule has 1 saturated carbocycles. The van der Waals surface area contributed by atoms with Gasteiger partial charge in [0.1, 0.15) is 9.52 Å². The predicted octanol–water partition coefficient (Wildman–Crippen LogP) is 2.65. The minimum absolute atomic E-state index is 0.349. The number of rotatable bonds is 7. The summed E-state index contributed by atoms with van der Waals surface area (Å²) >= 11 is 0. The fourth-order valence-corrected chi connectivity index (χ4v) is 4.32. The SMILES string of the molecule is CC(C)CC1(COC[SiH2]c2ccco2)CCCC1. The fraction of sp³-hybridized carbons (Fsp3) is 0.733. The third kappa shape index (κ3) is 3.99. The van der Waals surface area contributed by atoms with Gasteiger partial charge in [-0.15, -0.1) is 0 Å². The van der Waals surface area contributed by atoms with Crippen LogP contribution in [0.15, 0.2) is 22.8 Å². The lowest BCUT2D eigenvalue weighted by Gasteiger charge is -2.30. The molecule has 1 aliphatic rings. The van der Waals surface area contributed by atoms with Crippen LogP contribution in [0.4, 0.5) is 0 Å². The summed E-state index contributed by atoms with van der Waals surface area (Å²) in [4.78, 5) is 0. The molecule has 0 spiro atoms. The summed E-state index contributed by atoms with van der Waals surface area (Å²) in [7, 11) is -0.349. The Kier molecular flexibility index (Phi) is 5.07. The van der Waals surface area contributed by atoms with Crippen LogP contribution in [0.2, 0.25) is 0 Å². The molecule has 1 fully saturated rings. The van der Waals surface area contributed by atoms with E-state index in [-0.39, 0.29) is 9.52 Å². The summed E-state index contributed by atoms with van der Waals surface area (Å²) in [6, 6.07) is 4.05. The van der Waals surface area contributed by atoms with Crippen molar-refractivity contribution in [3.63, 3.8) is 0 Å². The van der Waals surface area contributed by atoms with Gasteiger partial charge in [-0.1, -0.05) is 26.7 Å². The summed E-state index contributed by atoms with van der Waals surface area (Å²) in [6.07, 6.45) is 9.54. The van der Waals surface area contributed by atoms with E-state index in [0.29, 0.717) is 5.41 Å². The van der Waals surface area contributed by atoms with Crippen LogP contribution in [0.5, 0.6) is 0 Å². The number of ether oxygens (including phenoxy) is 1. The summed E-state index contributed by atoms with van der Waals surface area (Å²) in [5, 5.41) is 1.17. The zero-order valence-corrected chi connectivity index (χ0v) is 13.2. The molecule has 2 nitrogen and oxygen atoms in total. The molecule has 1 aromatic heterocycles. The fourth-order valence-electron chi connectivity index (χ4n) is 3.31. The van der Waals surface area contributed by atoms with E-state index in [0.717, 1.165) is 18.8 Å². The van der Waals surface area contributed by atoms with E-state index < -0.39 is 0 Å². The summed E-state index contributed by atoms with van der Waals surface area (Å²) in [5.74, 6) is 0.786. The summed E-state index contributed by atoms with van der Waals surface area (Å²) in [6.45, 7) is 5.63. The molecule has 0 aromatic carbocycles. The standard InChI is InChI=1S/C15H26O2Si/c1-13(2)10-15(7-3-4-8-15)11-16-12-18-14-6-5-9-17-14/h5-6,9,13H,3-4,7-8,10-12,18H2,1-2H3. The van der Waals surface area contributed by atoms with Crippen molar-refractivity contribution >= 4 is 14.9 Å².